The second-order valence-electron chi connectivity index (χ2n) is 5.17. The quantitative estimate of drug-likeness (QED) is 0.857. The fourth-order valence-electron chi connectivity index (χ4n) is 1.91. The number of benzene rings is 1. The summed E-state index contributed by atoms with van der Waals surface area (Å²) in [6.45, 7) is 1.35. The Labute approximate surface area is 129 Å². The van der Waals surface area contributed by atoms with Crippen molar-refractivity contribution in [2.24, 2.45) is 11.8 Å². The third-order valence-electron chi connectivity index (χ3n) is 3.31. The highest BCUT2D eigenvalue weighted by molar-refractivity contribution is 6.31. The zero-order valence-electron chi connectivity index (χ0n) is 11.5. The van der Waals surface area contributed by atoms with E-state index in [4.69, 9.17) is 16.3 Å². The number of carbonyl (C=O) groups excluding carboxylic acids is 2. The predicted octanol–water partition coefficient (Wildman–Crippen LogP) is 3.50. The summed E-state index contributed by atoms with van der Waals surface area (Å²) in [5.74, 6) is -1.10. The number of carbonyl (C=O) groups is 2. The van der Waals surface area contributed by atoms with Crippen molar-refractivity contribution >= 4 is 29.2 Å². The fourth-order valence-corrected chi connectivity index (χ4v) is 2.14. The molecule has 1 aromatic rings. The lowest BCUT2D eigenvalue weighted by atomic mass is 10.2. The van der Waals surface area contributed by atoms with E-state index in [1.165, 1.54) is 6.07 Å². The number of nitrogens with one attached hydrogen (secondary N) is 1. The molecule has 1 amide bonds. The number of esters is 1. The number of ether oxygens (including phenoxy) is 1. The molecule has 4 nitrogen and oxygen atoms in total. The Morgan fingerprint density at radius 3 is 2.59 bits per heavy atom. The van der Waals surface area contributed by atoms with E-state index in [1.807, 2.05) is 6.92 Å². The van der Waals surface area contributed by atoms with E-state index in [1.54, 1.807) is 0 Å². The molecule has 0 bridgehead atoms. The van der Waals surface area contributed by atoms with Crippen molar-refractivity contribution in [3.05, 3.63) is 28.8 Å². The summed E-state index contributed by atoms with van der Waals surface area (Å²) in [4.78, 5) is 23.0. The van der Waals surface area contributed by atoms with Gasteiger partial charge in [0, 0.05) is 5.69 Å². The molecular formula is C14H13ClF3NO3. The largest absolute Gasteiger partial charge is 0.455 e. The van der Waals surface area contributed by atoms with Gasteiger partial charge < -0.3 is 10.1 Å². The molecule has 22 heavy (non-hydrogen) atoms. The molecule has 2 atom stereocenters. The van der Waals surface area contributed by atoms with Crippen LogP contribution in [0, 0.1) is 11.8 Å². The van der Waals surface area contributed by atoms with Gasteiger partial charge in [0.1, 0.15) is 0 Å². The van der Waals surface area contributed by atoms with Gasteiger partial charge in [0.15, 0.2) is 6.61 Å². The maximum absolute atomic E-state index is 12.7. The lowest BCUT2D eigenvalue weighted by molar-refractivity contribution is -0.148. The number of alkyl halides is 3. The van der Waals surface area contributed by atoms with Crippen LogP contribution in [0.25, 0.3) is 0 Å². The minimum atomic E-state index is -4.62. The SMILES string of the molecule is C[C@H]1C[C@@H]1C(=O)OCC(=O)Nc1ccc(Cl)c(C(F)(F)F)c1. The van der Waals surface area contributed by atoms with Gasteiger partial charge in [0.05, 0.1) is 16.5 Å². The summed E-state index contributed by atoms with van der Waals surface area (Å²) in [5, 5.41) is 1.77. The molecule has 120 valence electrons. The van der Waals surface area contributed by atoms with Crippen LogP contribution in [0.1, 0.15) is 18.9 Å². The molecule has 1 saturated carbocycles. The van der Waals surface area contributed by atoms with Gasteiger partial charge in [-0.1, -0.05) is 18.5 Å². The summed E-state index contributed by atoms with van der Waals surface area (Å²) in [6, 6.07) is 3.00. The van der Waals surface area contributed by atoms with Crippen molar-refractivity contribution < 1.29 is 27.5 Å². The van der Waals surface area contributed by atoms with Crippen LogP contribution in [0.2, 0.25) is 5.02 Å². The Hall–Kier alpha value is -1.76. The number of halogens is 4. The molecule has 1 fully saturated rings. The van der Waals surface area contributed by atoms with Crippen molar-refractivity contribution in [3.63, 3.8) is 0 Å². The number of hydrogen-bond acceptors (Lipinski definition) is 3. The molecule has 1 aromatic carbocycles. The summed E-state index contributed by atoms with van der Waals surface area (Å²) in [6.07, 6.45) is -3.89. The van der Waals surface area contributed by atoms with Crippen LogP contribution >= 0.6 is 11.6 Å². The Balaban J connectivity index is 1.93. The summed E-state index contributed by atoms with van der Waals surface area (Å²) < 4.78 is 42.9. The van der Waals surface area contributed by atoms with Gasteiger partial charge in [-0.05, 0) is 30.5 Å². The first-order chi connectivity index (χ1) is 10.2. The Kier molecular flexibility index (Phi) is 4.65. The highest BCUT2D eigenvalue weighted by Crippen LogP contribution is 2.38. The van der Waals surface area contributed by atoms with Gasteiger partial charge in [-0.2, -0.15) is 13.2 Å². The van der Waals surface area contributed by atoms with E-state index >= 15 is 0 Å². The lowest BCUT2D eigenvalue weighted by Crippen LogP contribution is -2.22. The third-order valence-corrected chi connectivity index (χ3v) is 3.64. The zero-order chi connectivity index (χ0) is 16.5. The lowest BCUT2D eigenvalue weighted by Gasteiger charge is -2.12. The minimum Gasteiger partial charge on any atom is -0.455 e. The molecule has 0 radical (unpaired) electrons. The average Bonchev–Trinajstić information content (AvgIpc) is 3.14. The van der Waals surface area contributed by atoms with Crippen molar-refractivity contribution in [2.45, 2.75) is 19.5 Å². The molecule has 0 unspecified atom stereocenters. The first-order valence-corrected chi connectivity index (χ1v) is 6.89. The van der Waals surface area contributed by atoms with Crippen molar-refractivity contribution in [1.29, 1.82) is 0 Å². The van der Waals surface area contributed by atoms with Crippen molar-refractivity contribution in [3.8, 4) is 0 Å². The Morgan fingerprint density at radius 1 is 1.41 bits per heavy atom. The second kappa shape index (κ2) is 6.16. The third kappa shape index (κ3) is 4.13. The average molecular weight is 336 g/mol. The molecule has 0 saturated heterocycles. The predicted molar refractivity (Wildman–Crippen MR) is 73.3 cm³/mol. The standard InChI is InChI=1S/C14H13ClF3NO3/c1-7-4-9(7)13(21)22-6-12(20)19-8-2-3-11(15)10(5-8)14(16,17)18/h2-3,5,7,9H,4,6H2,1H3,(H,19,20)/t7-,9-/m0/s1. The maximum atomic E-state index is 12.7. The minimum absolute atomic E-state index is 0.0717. The number of anilines is 1. The Bertz CT molecular complexity index is 603. The van der Waals surface area contributed by atoms with Crippen LogP contribution in [0.5, 0.6) is 0 Å². The van der Waals surface area contributed by atoms with E-state index in [0.717, 1.165) is 18.6 Å². The monoisotopic (exact) mass is 335 g/mol. The van der Waals surface area contributed by atoms with Crippen LogP contribution in [0.3, 0.4) is 0 Å². The zero-order valence-corrected chi connectivity index (χ0v) is 12.3. The summed E-state index contributed by atoms with van der Waals surface area (Å²) in [5.41, 5.74) is -1.12. The van der Waals surface area contributed by atoms with Crippen LogP contribution in [0.4, 0.5) is 18.9 Å². The first-order valence-electron chi connectivity index (χ1n) is 6.51. The fraction of sp³-hybridized carbons (Fsp3) is 0.429. The van der Waals surface area contributed by atoms with Gasteiger partial charge >= 0.3 is 12.1 Å². The summed E-state index contributed by atoms with van der Waals surface area (Å²) >= 11 is 5.47. The molecule has 8 heteroatoms. The molecule has 1 aliphatic rings. The number of amides is 1. The van der Waals surface area contributed by atoms with Crippen LogP contribution < -0.4 is 5.32 Å². The second-order valence-corrected chi connectivity index (χ2v) is 5.57. The molecule has 0 aliphatic heterocycles. The molecule has 0 aromatic heterocycles. The van der Waals surface area contributed by atoms with E-state index in [9.17, 15) is 22.8 Å². The van der Waals surface area contributed by atoms with Crippen LogP contribution in [0.15, 0.2) is 18.2 Å². The summed E-state index contributed by atoms with van der Waals surface area (Å²) in [7, 11) is 0. The van der Waals surface area contributed by atoms with E-state index in [0.29, 0.717) is 0 Å². The molecule has 1 N–H and O–H groups in total. The topological polar surface area (TPSA) is 55.4 Å². The van der Waals surface area contributed by atoms with Crippen LogP contribution in [-0.2, 0) is 20.5 Å². The highest BCUT2D eigenvalue weighted by atomic mass is 35.5. The first kappa shape index (κ1) is 16.6. The normalized spacial score (nSPS) is 20.4. The van der Waals surface area contributed by atoms with Gasteiger partial charge in [-0.3, -0.25) is 9.59 Å². The van der Waals surface area contributed by atoms with E-state index in [-0.39, 0.29) is 17.5 Å². The molecule has 2 rings (SSSR count). The van der Waals surface area contributed by atoms with E-state index < -0.39 is 35.2 Å². The highest BCUT2D eigenvalue weighted by Gasteiger charge is 2.40. The maximum Gasteiger partial charge on any atom is 0.417 e. The number of rotatable bonds is 4. The van der Waals surface area contributed by atoms with Crippen molar-refractivity contribution in [1.82, 2.24) is 0 Å². The van der Waals surface area contributed by atoms with Gasteiger partial charge in [0.25, 0.3) is 5.91 Å². The van der Waals surface area contributed by atoms with Crippen LogP contribution in [-0.4, -0.2) is 18.5 Å². The van der Waals surface area contributed by atoms with Crippen molar-refractivity contribution in [2.75, 3.05) is 11.9 Å². The van der Waals surface area contributed by atoms with Gasteiger partial charge in [0.2, 0.25) is 0 Å². The Morgan fingerprint density at radius 2 is 2.05 bits per heavy atom. The van der Waals surface area contributed by atoms with Gasteiger partial charge in [-0.15, -0.1) is 0 Å². The number of hydrogen-bond donors (Lipinski definition) is 1. The molecule has 1 aliphatic carbocycles. The molecule has 0 heterocycles. The van der Waals surface area contributed by atoms with E-state index in [2.05, 4.69) is 5.32 Å². The molecule has 0 spiro atoms. The smallest absolute Gasteiger partial charge is 0.417 e. The molecular weight excluding hydrogens is 323 g/mol. The van der Waals surface area contributed by atoms with Gasteiger partial charge in [-0.25, -0.2) is 0 Å².